The van der Waals surface area contributed by atoms with Gasteiger partial charge in [0.15, 0.2) is 5.78 Å². The zero-order valence-electron chi connectivity index (χ0n) is 10.8. The molecule has 1 fully saturated rings. The molecule has 1 atom stereocenters. The van der Waals surface area contributed by atoms with E-state index in [2.05, 4.69) is 30.9 Å². The van der Waals surface area contributed by atoms with Crippen molar-refractivity contribution < 1.29 is 4.79 Å². The Morgan fingerprint density at radius 3 is 2.59 bits per heavy atom. The van der Waals surface area contributed by atoms with Crippen LogP contribution >= 0.6 is 0 Å². The van der Waals surface area contributed by atoms with Gasteiger partial charge in [-0.25, -0.2) is 0 Å². The molecule has 2 rings (SSSR count). The van der Waals surface area contributed by atoms with Crippen molar-refractivity contribution in [2.24, 2.45) is 5.92 Å². The minimum atomic E-state index is 0.252. The Labute approximate surface area is 104 Å². The molecule has 1 heterocycles. The van der Waals surface area contributed by atoms with Gasteiger partial charge in [-0.05, 0) is 30.9 Å². The predicted octanol–water partition coefficient (Wildman–Crippen LogP) is 2.77. The molecule has 0 bridgehead atoms. The second kappa shape index (κ2) is 5.46. The van der Waals surface area contributed by atoms with Gasteiger partial charge in [0.25, 0.3) is 0 Å². The summed E-state index contributed by atoms with van der Waals surface area (Å²) in [6.45, 7) is 7.09. The first-order chi connectivity index (χ1) is 8.19. The third kappa shape index (κ3) is 3.16. The highest BCUT2D eigenvalue weighted by Crippen LogP contribution is 2.15. The molecule has 1 aliphatic rings. The summed E-state index contributed by atoms with van der Waals surface area (Å²) in [5.74, 6) is 0.993. The largest absolute Gasteiger partial charge is 0.296 e. The molecule has 0 aliphatic carbocycles. The molecule has 0 aromatic heterocycles. The first-order valence-corrected chi connectivity index (χ1v) is 6.53. The van der Waals surface area contributed by atoms with E-state index in [1.807, 2.05) is 12.1 Å². The fourth-order valence-corrected chi connectivity index (χ4v) is 2.39. The summed E-state index contributed by atoms with van der Waals surface area (Å²) in [7, 11) is 0. The third-order valence-electron chi connectivity index (χ3n) is 3.56. The van der Waals surface area contributed by atoms with Crippen LogP contribution in [0.15, 0.2) is 24.3 Å². The monoisotopic (exact) mass is 231 g/mol. The number of Topliss-reactive ketones (excluding diaryl/α,β-unsaturated/α-hetero) is 1. The second-order valence-electron chi connectivity index (χ2n) is 5.10. The molecule has 1 aromatic carbocycles. The van der Waals surface area contributed by atoms with Gasteiger partial charge in [-0.15, -0.1) is 0 Å². The fourth-order valence-electron chi connectivity index (χ4n) is 2.39. The van der Waals surface area contributed by atoms with Gasteiger partial charge < -0.3 is 0 Å². The fraction of sp³-hybridized carbons (Fsp3) is 0.533. The third-order valence-corrected chi connectivity index (χ3v) is 3.56. The number of benzene rings is 1. The Hall–Kier alpha value is -1.15. The van der Waals surface area contributed by atoms with Crippen LogP contribution < -0.4 is 0 Å². The number of rotatable bonds is 4. The molecule has 0 radical (unpaired) electrons. The highest BCUT2D eigenvalue weighted by Gasteiger charge is 2.20. The Kier molecular flexibility index (Phi) is 3.95. The summed E-state index contributed by atoms with van der Waals surface area (Å²) in [5.41, 5.74) is 2.14. The molecule has 0 amide bonds. The summed E-state index contributed by atoms with van der Waals surface area (Å²) in [4.78, 5) is 14.3. The van der Waals surface area contributed by atoms with Crippen molar-refractivity contribution >= 4 is 5.78 Å². The van der Waals surface area contributed by atoms with Crippen LogP contribution in [-0.4, -0.2) is 30.3 Å². The van der Waals surface area contributed by atoms with E-state index in [0.717, 1.165) is 31.0 Å². The van der Waals surface area contributed by atoms with Crippen molar-refractivity contribution in [1.29, 1.82) is 0 Å². The van der Waals surface area contributed by atoms with Crippen LogP contribution in [0.3, 0.4) is 0 Å². The molecule has 1 unspecified atom stereocenters. The van der Waals surface area contributed by atoms with E-state index in [0.29, 0.717) is 6.54 Å². The van der Waals surface area contributed by atoms with Gasteiger partial charge in [0.1, 0.15) is 0 Å². The lowest BCUT2D eigenvalue weighted by atomic mass is 10.1. The molecule has 2 nitrogen and oxygen atoms in total. The van der Waals surface area contributed by atoms with E-state index >= 15 is 0 Å². The summed E-state index contributed by atoms with van der Waals surface area (Å²) in [5, 5.41) is 0. The molecule has 0 N–H and O–H groups in total. The molecule has 1 aromatic rings. The van der Waals surface area contributed by atoms with Crippen LogP contribution in [0.25, 0.3) is 0 Å². The van der Waals surface area contributed by atoms with Crippen molar-refractivity contribution in [2.45, 2.75) is 26.7 Å². The lowest BCUT2D eigenvalue weighted by Crippen LogP contribution is -2.27. The maximum atomic E-state index is 12.1. The number of carbonyl (C=O) groups excluding carboxylic acids is 1. The lowest BCUT2D eigenvalue weighted by Gasteiger charge is -2.14. The number of carbonyl (C=O) groups is 1. The molecule has 1 aliphatic heterocycles. The molecular formula is C15H21NO. The molecule has 0 saturated carbocycles. The van der Waals surface area contributed by atoms with E-state index in [4.69, 9.17) is 0 Å². The zero-order chi connectivity index (χ0) is 12.3. The molecule has 92 valence electrons. The van der Waals surface area contributed by atoms with Crippen LogP contribution in [0.4, 0.5) is 0 Å². The van der Waals surface area contributed by atoms with Crippen LogP contribution in [0, 0.1) is 5.92 Å². The first-order valence-electron chi connectivity index (χ1n) is 6.53. The van der Waals surface area contributed by atoms with Crippen molar-refractivity contribution in [2.75, 3.05) is 19.6 Å². The second-order valence-corrected chi connectivity index (χ2v) is 5.10. The quantitative estimate of drug-likeness (QED) is 0.743. The van der Waals surface area contributed by atoms with E-state index in [1.165, 1.54) is 12.0 Å². The van der Waals surface area contributed by atoms with Crippen LogP contribution in [0.1, 0.15) is 36.2 Å². The van der Waals surface area contributed by atoms with E-state index < -0.39 is 0 Å². The van der Waals surface area contributed by atoms with Gasteiger partial charge >= 0.3 is 0 Å². The van der Waals surface area contributed by atoms with E-state index in [9.17, 15) is 4.79 Å². The number of ketones is 1. The zero-order valence-corrected chi connectivity index (χ0v) is 10.8. The van der Waals surface area contributed by atoms with Gasteiger partial charge in [-0.2, -0.15) is 0 Å². The number of hydrogen-bond acceptors (Lipinski definition) is 2. The molecule has 2 heteroatoms. The highest BCUT2D eigenvalue weighted by atomic mass is 16.1. The maximum absolute atomic E-state index is 12.1. The van der Waals surface area contributed by atoms with Gasteiger partial charge in [-0.1, -0.05) is 38.1 Å². The van der Waals surface area contributed by atoms with Gasteiger partial charge in [0, 0.05) is 12.1 Å². The SMILES string of the molecule is CCc1ccc(C(=O)CN2CCC(C)C2)cc1. The summed E-state index contributed by atoms with van der Waals surface area (Å²) >= 11 is 0. The Bertz CT molecular complexity index is 382. The number of nitrogens with zero attached hydrogens (tertiary/aromatic N) is 1. The average molecular weight is 231 g/mol. The minimum absolute atomic E-state index is 0.252. The Morgan fingerprint density at radius 2 is 2.06 bits per heavy atom. The van der Waals surface area contributed by atoms with Crippen LogP contribution in [0.5, 0.6) is 0 Å². The van der Waals surface area contributed by atoms with Gasteiger partial charge in [0.2, 0.25) is 0 Å². The smallest absolute Gasteiger partial charge is 0.176 e. The molecule has 0 spiro atoms. The van der Waals surface area contributed by atoms with Crippen molar-refractivity contribution in [3.63, 3.8) is 0 Å². The molecule has 17 heavy (non-hydrogen) atoms. The predicted molar refractivity (Wildman–Crippen MR) is 70.4 cm³/mol. The van der Waals surface area contributed by atoms with Crippen molar-refractivity contribution in [1.82, 2.24) is 4.90 Å². The normalized spacial score (nSPS) is 20.7. The topological polar surface area (TPSA) is 20.3 Å². The summed E-state index contributed by atoms with van der Waals surface area (Å²) in [6, 6.07) is 8.03. The number of aryl methyl sites for hydroxylation is 1. The van der Waals surface area contributed by atoms with Crippen molar-refractivity contribution in [3.05, 3.63) is 35.4 Å². The van der Waals surface area contributed by atoms with Crippen molar-refractivity contribution in [3.8, 4) is 0 Å². The molecule has 1 saturated heterocycles. The van der Waals surface area contributed by atoms with Crippen LogP contribution in [0.2, 0.25) is 0 Å². The Balaban J connectivity index is 1.94. The number of hydrogen-bond donors (Lipinski definition) is 0. The van der Waals surface area contributed by atoms with Gasteiger partial charge in [-0.3, -0.25) is 9.69 Å². The maximum Gasteiger partial charge on any atom is 0.176 e. The first kappa shape index (κ1) is 12.3. The highest BCUT2D eigenvalue weighted by molar-refractivity contribution is 5.97. The molecular weight excluding hydrogens is 210 g/mol. The summed E-state index contributed by atoms with van der Waals surface area (Å²) < 4.78 is 0. The summed E-state index contributed by atoms with van der Waals surface area (Å²) in [6.07, 6.45) is 2.25. The lowest BCUT2D eigenvalue weighted by molar-refractivity contribution is 0.0943. The van der Waals surface area contributed by atoms with Gasteiger partial charge in [0.05, 0.1) is 6.54 Å². The number of likely N-dealkylation sites (tertiary alicyclic amines) is 1. The standard InChI is InChI=1S/C15H21NO/c1-3-13-4-6-14(7-5-13)15(17)11-16-9-8-12(2)10-16/h4-7,12H,3,8-11H2,1-2H3. The average Bonchev–Trinajstić information content (AvgIpc) is 2.75. The van der Waals surface area contributed by atoms with E-state index in [1.54, 1.807) is 0 Å². The Morgan fingerprint density at radius 1 is 1.35 bits per heavy atom. The van der Waals surface area contributed by atoms with Crippen LogP contribution in [-0.2, 0) is 6.42 Å². The van der Waals surface area contributed by atoms with E-state index in [-0.39, 0.29) is 5.78 Å². The minimum Gasteiger partial charge on any atom is -0.296 e.